The molecule has 104 valence electrons. The van der Waals surface area contributed by atoms with Gasteiger partial charge in [-0.15, -0.1) is 0 Å². The first-order chi connectivity index (χ1) is 8.86. The summed E-state index contributed by atoms with van der Waals surface area (Å²) in [6.45, 7) is 9.59. The van der Waals surface area contributed by atoms with E-state index in [0.29, 0.717) is 0 Å². The van der Waals surface area contributed by atoms with Gasteiger partial charge in [-0.05, 0) is 6.42 Å². The molecule has 0 saturated carbocycles. The second-order valence-corrected chi connectivity index (χ2v) is 6.13. The summed E-state index contributed by atoms with van der Waals surface area (Å²) in [5.74, 6) is 0.984. The summed E-state index contributed by atoms with van der Waals surface area (Å²) in [4.78, 5) is 21.7. The minimum atomic E-state index is 0.0144. The van der Waals surface area contributed by atoms with Crippen molar-refractivity contribution in [1.82, 2.24) is 14.9 Å². The van der Waals surface area contributed by atoms with Gasteiger partial charge in [0, 0.05) is 37.5 Å². The van der Waals surface area contributed by atoms with Crippen LogP contribution in [0, 0.1) is 0 Å². The van der Waals surface area contributed by atoms with Crippen LogP contribution in [0.5, 0.6) is 0 Å². The third-order valence-electron chi connectivity index (χ3n) is 3.42. The summed E-state index contributed by atoms with van der Waals surface area (Å²) >= 11 is 0. The zero-order valence-corrected chi connectivity index (χ0v) is 12.1. The molecular weight excluding hydrogens is 240 g/mol. The third-order valence-corrected chi connectivity index (χ3v) is 3.42. The smallest absolute Gasteiger partial charge is 0.219 e. The van der Waals surface area contributed by atoms with Gasteiger partial charge in [0.1, 0.15) is 12.1 Å². The number of nitrogens with one attached hydrogen (secondary N) is 1. The van der Waals surface area contributed by atoms with Crippen LogP contribution in [-0.4, -0.2) is 39.9 Å². The van der Waals surface area contributed by atoms with E-state index in [2.05, 4.69) is 36.1 Å². The maximum absolute atomic E-state index is 11.3. The van der Waals surface area contributed by atoms with Crippen LogP contribution in [0.4, 0.5) is 5.82 Å². The lowest BCUT2D eigenvalue weighted by Gasteiger charge is -2.19. The Hall–Kier alpha value is -1.65. The molecule has 1 fully saturated rings. The number of hydrogen-bond acceptors (Lipinski definition) is 4. The Labute approximate surface area is 114 Å². The Morgan fingerprint density at radius 3 is 2.74 bits per heavy atom. The Morgan fingerprint density at radius 1 is 1.42 bits per heavy atom. The quantitative estimate of drug-likeness (QED) is 0.883. The number of carbonyl (C=O) groups is 1. The van der Waals surface area contributed by atoms with Crippen LogP contribution >= 0.6 is 0 Å². The molecule has 1 aliphatic rings. The number of hydrogen-bond donors (Lipinski definition) is 1. The highest BCUT2D eigenvalue weighted by atomic mass is 16.2. The lowest BCUT2D eigenvalue weighted by molar-refractivity contribution is -0.127. The Balaban J connectivity index is 2.03. The summed E-state index contributed by atoms with van der Waals surface area (Å²) < 4.78 is 0. The van der Waals surface area contributed by atoms with Gasteiger partial charge in [0.25, 0.3) is 0 Å². The van der Waals surface area contributed by atoms with Gasteiger partial charge >= 0.3 is 0 Å². The highest BCUT2D eigenvalue weighted by molar-refractivity contribution is 5.73. The number of amides is 1. The van der Waals surface area contributed by atoms with Crippen molar-refractivity contribution >= 4 is 11.7 Å². The van der Waals surface area contributed by atoms with E-state index < -0.39 is 0 Å². The van der Waals surface area contributed by atoms with Crippen molar-refractivity contribution in [3.8, 4) is 0 Å². The molecular formula is C14H22N4O. The second kappa shape index (κ2) is 5.15. The fourth-order valence-corrected chi connectivity index (χ4v) is 2.22. The summed E-state index contributed by atoms with van der Waals surface area (Å²) in [6.07, 6.45) is 2.56. The average Bonchev–Trinajstić information content (AvgIpc) is 2.77. The van der Waals surface area contributed by atoms with E-state index in [1.165, 1.54) is 0 Å². The Bertz CT molecular complexity index is 467. The van der Waals surface area contributed by atoms with Gasteiger partial charge in [-0.1, -0.05) is 20.8 Å². The molecule has 5 heteroatoms. The van der Waals surface area contributed by atoms with Gasteiger partial charge in [-0.3, -0.25) is 4.79 Å². The zero-order valence-electron chi connectivity index (χ0n) is 12.1. The summed E-state index contributed by atoms with van der Waals surface area (Å²) in [5, 5.41) is 3.39. The van der Waals surface area contributed by atoms with Crippen LogP contribution in [-0.2, 0) is 10.2 Å². The molecule has 19 heavy (non-hydrogen) atoms. The van der Waals surface area contributed by atoms with Gasteiger partial charge in [0.15, 0.2) is 0 Å². The molecule has 1 amide bonds. The molecule has 2 rings (SSSR count). The van der Waals surface area contributed by atoms with Crippen molar-refractivity contribution in [2.75, 3.05) is 18.4 Å². The van der Waals surface area contributed by atoms with Gasteiger partial charge < -0.3 is 10.2 Å². The molecule has 1 aromatic heterocycles. The number of rotatable bonds is 2. The summed E-state index contributed by atoms with van der Waals surface area (Å²) in [5.41, 5.74) is 1.03. The lowest BCUT2D eigenvalue weighted by atomic mass is 9.92. The van der Waals surface area contributed by atoms with E-state index >= 15 is 0 Å². The van der Waals surface area contributed by atoms with Gasteiger partial charge in [-0.2, -0.15) is 0 Å². The van der Waals surface area contributed by atoms with Crippen molar-refractivity contribution in [3.05, 3.63) is 18.1 Å². The number of anilines is 1. The number of carbonyl (C=O) groups excluding carboxylic acids is 1. The first-order valence-corrected chi connectivity index (χ1v) is 6.71. The van der Waals surface area contributed by atoms with Crippen molar-refractivity contribution in [2.45, 2.75) is 45.6 Å². The lowest BCUT2D eigenvalue weighted by Crippen LogP contribution is -2.29. The van der Waals surface area contributed by atoms with Crippen molar-refractivity contribution < 1.29 is 4.79 Å². The molecule has 1 aromatic rings. The Kier molecular flexibility index (Phi) is 3.73. The van der Waals surface area contributed by atoms with E-state index in [9.17, 15) is 4.79 Å². The van der Waals surface area contributed by atoms with E-state index in [1.54, 1.807) is 13.3 Å². The molecule has 0 radical (unpaired) electrons. The largest absolute Gasteiger partial charge is 0.365 e. The molecule has 2 heterocycles. The molecule has 0 aromatic carbocycles. The van der Waals surface area contributed by atoms with Gasteiger partial charge in [0.2, 0.25) is 5.91 Å². The normalized spacial score (nSPS) is 19.6. The number of nitrogens with zero attached hydrogens (tertiary/aromatic N) is 3. The van der Waals surface area contributed by atoms with Crippen LogP contribution in [0.3, 0.4) is 0 Å². The molecule has 1 N–H and O–H groups in total. The van der Waals surface area contributed by atoms with Crippen LogP contribution < -0.4 is 5.32 Å². The summed E-state index contributed by atoms with van der Waals surface area (Å²) in [6, 6.07) is 2.28. The molecule has 1 atom stereocenters. The van der Waals surface area contributed by atoms with Crippen molar-refractivity contribution in [3.63, 3.8) is 0 Å². The fraction of sp³-hybridized carbons (Fsp3) is 0.643. The molecule has 5 nitrogen and oxygen atoms in total. The minimum Gasteiger partial charge on any atom is -0.365 e. The highest BCUT2D eigenvalue weighted by Gasteiger charge is 2.24. The fourth-order valence-electron chi connectivity index (χ4n) is 2.22. The average molecular weight is 262 g/mol. The molecule has 0 spiro atoms. The maximum Gasteiger partial charge on any atom is 0.219 e. The van der Waals surface area contributed by atoms with Crippen LogP contribution in [0.25, 0.3) is 0 Å². The summed E-state index contributed by atoms with van der Waals surface area (Å²) in [7, 11) is 0. The monoisotopic (exact) mass is 262 g/mol. The van der Waals surface area contributed by atoms with Gasteiger partial charge in [-0.25, -0.2) is 9.97 Å². The minimum absolute atomic E-state index is 0.0144. The van der Waals surface area contributed by atoms with E-state index in [4.69, 9.17) is 0 Å². The molecule has 1 aliphatic heterocycles. The predicted molar refractivity (Wildman–Crippen MR) is 75.0 cm³/mol. The third kappa shape index (κ3) is 3.43. The van der Waals surface area contributed by atoms with E-state index in [1.807, 2.05) is 11.0 Å². The molecule has 1 saturated heterocycles. The Morgan fingerprint density at radius 2 is 2.16 bits per heavy atom. The SMILES string of the molecule is CC(=O)N1CCC(Nc2cc(C(C)(C)C)ncn2)C1. The van der Waals surface area contributed by atoms with Crippen LogP contribution in [0.15, 0.2) is 12.4 Å². The maximum atomic E-state index is 11.3. The predicted octanol–water partition coefficient (Wildman–Crippen LogP) is 1.81. The first-order valence-electron chi connectivity index (χ1n) is 6.71. The molecule has 0 bridgehead atoms. The van der Waals surface area contributed by atoms with Crippen LogP contribution in [0.2, 0.25) is 0 Å². The zero-order chi connectivity index (χ0) is 14.0. The van der Waals surface area contributed by atoms with Crippen molar-refractivity contribution in [2.24, 2.45) is 0 Å². The van der Waals surface area contributed by atoms with E-state index in [-0.39, 0.29) is 17.4 Å². The second-order valence-electron chi connectivity index (χ2n) is 6.13. The van der Waals surface area contributed by atoms with E-state index in [0.717, 1.165) is 31.0 Å². The standard InChI is InChI=1S/C14H22N4O/c1-10(19)18-6-5-11(8-18)17-13-7-12(14(2,3)4)15-9-16-13/h7,9,11H,5-6,8H2,1-4H3,(H,15,16,17). The van der Waals surface area contributed by atoms with Gasteiger partial charge in [0.05, 0.1) is 5.69 Å². The van der Waals surface area contributed by atoms with Crippen LogP contribution in [0.1, 0.15) is 39.8 Å². The highest BCUT2D eigenvalue weighted by Crippen LogP contribution is 2.22. The molecule has 0 aliphatic carbocycles. The molecule has 1 unspecified atom stereocenters. The number of likely N-dealkylation sites (tertiary alicyclic amines) is 1. The topological polar surface area (TPSA) is 58.1 Å². The number of aromatic nitrogens is 2. The van der Waals surface area contributed by atoms with Crippen molar-refractivity contribution in [1.29, 1.82) is 0 Å². The first kappa shape index (κ1) is 13.8.